The zero-order valence-electron chi connectivity index (χ0n) is 13.6. The summed E-state index contributed by atoms with van der Waals surface area (Å²) in [5.41, 5.74) is 0.446. The third-order valence-electron chi connectivity index (χ3n) is 5.59. The van der Waals surface area contributed by atoms with Crippen molar-refractivity contribution in [3.63, 3.8) is 0 Å². The molecule has 0 aromatic rings. The summed E-state index contributed by atoms with van der Waals surface area (Å²) in [4.78, 5) is 13.6. The van der Waals surface area contributed by atoms with Crippen molar-refractivity contribution in [1.82, 2.24) is 4.90 Å². The Balaban J connectivity index is 1.78. The van der Waals surface area contributed by atoms with Crippen LogP contribution in [0.1, 0.15) is 53.4 Å². The van der Waals surface area contributed by atoms with Gasteiger partial charge in [0.25, 0.3) is 0 Å². The van der Waals surface area contributed by atoms with Gasteiger partial charge in [-0.25, -0.2) is 0 Å². The third-order valence-corrected chi connectivity index (χ3v) is 5.59. The van der Waals surface area contributed by atoms with Crippen molar-refractivity contribution in [3.8, 4) is 0 Å². The molecule has 3 nitrogen and oxygen atoms in total. The molecule has 1 N–H and O–H groups in total. The Kier molecular flexibility index (Phi) is 4.78. The van der Waals surface area contributed by atoms with Gasteiger partial charge in [0.1, 0.15) is 0 Å². The van der Waals surface area contributed by atoms with E-state index in [1.165, 1.54) is 25.7 Å². The van der Waals surface area contributed by atoms with Gasteiger partial charge in [0.15, 0.2) is 0 Å². The maximum Gasteiger partial charge on any atom is 0.308 e. The minimum Gasteiger partial charge on any atom is -0.481 e. The Bertz CT molecular complexity index is 339. The second kappa shape index (κ2) is 6.05. The fraction of sp³-hybridized carbons (Fsp3) is 0.941. The molecule has 116 valence electrons. The molecule has 2 aliphatic rings. The first-order valence-corrected chi connectivity index (χ1v) is 8.22. The first-order valence-electron chi connectivity index (χ1n) is 8.22. The number of rotatable bonds is 3. The van der Waals surface area contributed by atoms with Crippen molar-refractivity contribution >= 4 is 5.97 Å². The van der Waals surface area contributed by atoms with Crippen molar-refractivity contribution in [1.29, 1.82) is 0 Å². The minimum atomic E-state index is -0.614. The molecule has 0 aromatic carbocycles. The van der Waals surface area contributed by atoms with Gasteiger partial charge in [-0.05, 0) is 48.9 Å². The molecule has 0 amide bonds. The molecule has 2 fully saturated rings. The lowest BCUT2D eigenvalue weighted by molar-refractivity contribution is -0.142. The van der Waals surface area contributed by atoms with Gasteiger partial charge < -0.3 is 10.0 Å². The van der Waals surface area contributed by atoms with E-state index < -0.39 is 5.97 Å². The third kappa shape index (κ3) is 3.75. The highest BCUT2D eigenvalue weighted by molar-refractivity contribution is 5.71. The standard InChI is InChI=1S/C17H31NO2/c1-12-9-18(11-15(12)16(19)20)10-13-5-7-14(8-6-13)17(2,3)4/h12-15H,5-11H2,1-4H3,(H,19,20)/t12-,13?,14?,15-/m1/s1. The molecule has 0 radical (unpaired) electrons. The van der Waals surface area contributed by atoms with Gasteiger partial charge in [0, 0.05) is 19.6 Å². The largest absolute Gasteiger partial charge is 0.481 e. The fourth-order valence-corrected chi connectivity index (χ4v) is 4.11. The van der Waals surface area contributed by atoms with E-state index >= 15 is 0 Å². The zero-order chi connectivity index (χ0) is 14.9. The van der Waals surface area contributed by atoms with E-state index in [4.69, 9.17) is 0 Å². The summed E-state index contributed by atoms with van der Waals surface area (Å²) >= 11 is 0. The molecule has 1 saturated heterocycles. The van der Waals surface area contributed by atoms with Crippen LogP contribution in [0.3, 0.4) is 0 Å². The van der Waals surface area contributed by atoms with Gasteiger partial charge >= 0.3 is 5.97 Å². The first kappa shape index (κ1) is 15.8. The van der Waals surface area contributed by atoms with Crippen LogP contribution in [0.4, 0.5) is 0 Å². The smallest absolute Gasteiger partial charge is 0.308 e. The van der Waals surface area contributed by atoms with Crippen molar-refractivity contribution in [3.05, 3.63) is 0 Å². The average Bonchev–Trinajstić information content (AvgIpc) is 2.70. The van der Waals surface area contributed by atoms with Crippen LogP contribution in [0.5, 0.6) is 0 Å². The topological polar surface area (TPSA) is 40.5 Å². The van der Waals surface area contributed by atoms with Gasteiger partial charge in [0.2, 0.25) is 0 Å². The summed E-state index contributed by atoms with van der Waals surface area (Å²) in [6, 6.07) is 0. The molecule has 2 atom stereocenters. The summed E-state index contributed by atoms with van der Waals surface area (Å²) in [7, 11) is 0. The second-order valence-electron chi connectivity index (χ2n) is 8.22. The van der Waals surface area contributed by atoms with E-state index in [1.807, 2.05) is 0 Å². The van der Waals surface area contributed by atoms with Gasteiger partial charge in [-0.1, -0.05) is 27.7 Å². The van der Waals surface area contributed by atoms with Crippen LogP contribution in [-0.4, -0.2) is 35.6 Å². The lowest BCUT2D eigenvalue weighted by Gasteiger charge is -2.38. The van der Waals surface area contributed by atoms with E-state index in [-0.39, 0.29) is 5.92 Å². The van der Waals surface area contributed by atoms with Crippen LogP contribution in [0.25, 0.3) is 0 Å². The summed E-state index contributed by atoms with van der Waals surface area (Å²) in [5.74, 6) is 1.19. The maximum atomic E-state index is 11.2. The molecular formula is C17H31NO2. The monoisotopic (exact) mass is 281 g/mol. The molecule has 1 aliphatic heterocycles. The first-order chi connectivity index (χ1) is 9.27. The summed E-state index contributed by atoms with van der Waals surface area (Å²) < 4.78 is 0. The predicted octanol–water partition coefficient (Wildman–Crippen LogP) is 3.49. The molecular weight excluding hydrogens is 250 g/mol. The van der Waals surface area contributed by atoms with Gasteiger partial charge in [-0.15, -0.1) is 0 Å². The van der Waals surface area contributed by atoms with Crippen molar-refractivity contribution in [2.45, 2.75) is 53.4 Å². The van der Waals surface area contributed by atoms with Crippen molar-refractivity contribution in [2.75, 3.05) is 19.6 Å². The van der Waals surface area contributed by atoms with Crippen LogP contribution in [0, 0.1) is 29.1 Å². The summed E-state index contributed by atoms with van der Waals surface area (Å²) in [6.07, 6.45) is 5.34. The van der Waals surface area contributed by atoms with E-state index in [0.29, 0.717) is 11.3 Å². The number of hydrogen-bond donors (Lipinski definition) is 1. The molecule has 2 rings (SSSR count). The Morgan fingerprint density at radius 2 is 1.75 bits per heavy atom. The number of nitrogens with zero attached hydrogens (tertiary/aromatic N) is 1. The fourth-order valence-electron chi connectivity index (χ4n) is 4.11. The number of hydrogen-bond acceptors (Lipinski definition) is 2. The highest BCUT2D eigenvalue weighted by Gasteiger charge is 2.36. The van der Waals surface area contributed by atoms with E-state index in [9.17, 15) is 9.90 Å². The van der Waals surface area contributed by atoms with Crippen molar-refractivity contribution in [2.24, 2.45) is 29.1 Å². The number of likely N-dealkylation sites (tertiary alicyclic amines) is 1. The second-order valence-corrected chi connectivity index (χ2v) is 8.22. The zero-order valence-corrected chi connectivity index (χ0v) is 13.6. The predicted molar refractivity (Wildman–Crippen MR) is 81.6 cm³/mol. The Morgan fingerprint density at radius 1 is 1.15 bits per heavy atom. The van der Waals surface area contributed by atoms with E-state index in [2.05, 4.69) is 32.6 Å². The lowest BCUT2D eigenvalue weighted by Crippen LogP contribution is -2.33. The Hall–Kier alpha value is -0.570. The number of carbonyl (C=O) groups is 1. The van der Waals surface area contributed by atoms with Gasteiger partial charge in [-0.3, -0.25) is 4.79 Å². The van der Waals surface area contributed by atoms with E-state index in [1.54, 1.807) is 0 Å². The molecule has 0 aromatic heterocycles. The summed E-state index contributed by atoms with van der Waals surface area (Å²) in [6.45, 7) is 12.0. The molecule has 1 heterocycles. The number of carboxylic acids is 1. The molecule has 0 unspecified atom stereocenters. The molecule has 20 heavy (non-hydrogen) atoms. The molecule has 0 spiro atoms. The lowest BCUT2D eigenvalue weighted by atomic mass is 9.70. The van der Waals surface area contributed by atoms with Crippen molar-refractivity contribution < 1.29 is 9.90 Å². The highest BCUT2D eigenvalue weighted by atomic mass is 16.4. The molecule has 1 saturated carbocycles. The average molecular weight is 281 g/mol. The molecule has 0 bridgehead atoms. The summed E-state index contributed by atoms with van der Waals surface area (Å²) in [5, 5.41) is 9.20. The Morgan fingerprint density at radius 3 is 2.20 bits per heavy atom. The SMILES string of the molecule is C[C@@H]1CN(CC2CCC(C(C)(C)C)CC2)C[C@H]1C(=O)O. The Labute approximate surface area is 123 Å². The van der Waals surface area contributed by atoms with Crippen LogP contribution < -0.4 is 0 Å². The van der Waals surface area contributed by atoms with Gasteiger partial charge in [-0.2, -0.15) is 0 Å². The van der Waals surface area contributed by atoms with Crippen LogP contribution in [0.2, 0.25) is 0 Å². The minimum absolute atomic E-state index is 0.152. The normalized spacial score (nSPS) is 36.2. The molecule has 3 heteroatoms. The highest BCUT2D eigenvalue weighted by Crippen LogP contribution is 2.40. The number of carboxylic acid groups (broad SMARTS) is 1. The van der Waals surface area contributed by atoms with E-state index in [0.717, 1.165) is 31.5 Å². The quantitative estimate of drug-likeness (QED) is 0.861. The number of aliphatic carboxylic acids is 1. The van der Waals surface area contributed by atoms with Crippen LogP contribution in [-0.2, 0) is 4.79 Å². The van der Waals surface area contributed by atoms with Crippen LogP contribution >= 0.6 is 0 Å². The van der Waals surface area contributed by atoms with Crippen LogP contribution in [0.15, 0.2) is 0 Å². The van der Waals surface area contributed by atoms with Gasteiger partial charge in [0.05, 0.1) is 5.92 Å². The maximum absolute atomic E-state index is 11.2. The molecule has 1 aliphatic carbocycles.